The summed E-state index contributed by atoms with van der Waals surface area (Å²) in [4.78, 5) is 0. The number of halogens is 2. The van der Waals surface area contributed by atoms with Crippen LogP contribution < -0.4 is 16.8 Å². The highest BCUT2D eigenvalue weighted by molar-refractivity contribution is 6.33. The van der Waals surface area contributed by atoms with E-state index in [1.807, 2.05) is 0 Å². The van der Waals surface area contributed by atoms with Crippen LogP contribution in [0.1, 0.15) is 19.3 Å². The van der Waals surface area contributed by atoms with Crippen molar-refractivity contribution in [2.75, 3.05) is 37.0 Å². The molecule has 1 saturated carbocycles. The number of benzene rings is 1. The summed E-state index contributed by atoms with van der Waals surface area (Å²) in [7, 11) is 1.68. The van der Waals surface area contributed by atoms with Gasteiger partial charge in [0.25, 0.3) is 0 Å². The Morgan fingerprint density at radius 2 is 2.11 bits per heavy atom. The van der Waals surface area contributed by atoms with E-state index in [9.17, 15) is 4.39 Å². The maximum Gasteiger partial charge on any atom is 0.169 e. The van der Waals surface area contributed by atoms with Crippen LogP contribution in [0.5, 0.6) is 0 Å². The van der Waals surface area contributed by atoms with Gasteiger partial charge in [0.2, 0.25) is 0 Å². The minimum Gasteiger partial charge on any atom is -0.397 e. The van der Waals surface area contributed by atoms with E-state index >= 15 is 0 Å². The van der Waals surface area contributed by atoms with Crippen molar-refractivity contribution in [2.24, 2.45) is 5.41 Å². The summed E-state index contributed by atoms with van der Waals surface area (Å²) in [6.45, 7) is 1.37. The number of nitrogens with two attached hydrogens (primary N) is 2. The SMILES string of the molecule is COCCC1(CNc2c(N)cc(N)c(Cl)c2F)CC1. The normalized spacial score (nSPS) is 16.4. The van der Waals surface area contributed by atoms with Crippen molar-refractivity contribution in [3.63, 3.8) is 0 Å². The zero-order valence-corrected chi connectivity index (χ0v) is 11.7. The van der Waals surface area contributed by atoms with E-state index in [1.165, 1.54) is 6.07 Å². The second-order valence-electron chi connectivity index (χ2n) is 5.15. The van der Waals surface area contributed by atoms with Gasteiger partial charge < -0.3 is 21.5 Å². The molecular formula is C13H19ClFN3O. The number of ether oxygens (including phenoxy) is 1. The summed E-state index contributed by atoms with van der Waals surface area (Å²) in [5.41, 5.74) is 12.2. The van der Waals surface area contributed by atoms with Gasteiger partial charge in [-0.15, -0.1) is 0 Å². The van der Waals surface area contributed by atoms with E-state index in [1.54, 1.807) is 7.11 Å². The average molecular weight is 288 g/mol. The summed E-state index contributed by atoms with van der Waals surface area (Å²) >= 11 is 5.79. The first-order valence-corrected chi connectivity index (χ1v) is 6.63. The smallest absolute Gasteiger partial charge is 0.169 e. The Labute approximate surface area is 117 Å². The first-order valence-electron chi connectivity index (χ1n) is 6.25. The van der Waals surface area contributed by atoms with Crippen LogP contribution in [-0.4, -0.2) is 20.3 Å². The molecular weight excluding hydrogens is 269 g/mol. The van der Waals surface area contributed by atoms with Crippen LogP contribution in [-0.2, 0) is 4.74 Å². The van der Waals surface area contributed by atoms with Gasteiger partial charge in [0.05, 0.1) is 17.1 Å². The van der Waals surface area contributed by atoms with Gasteiger partial charge in [0.1, 0.15) is 5.02 Å². The number of nitrogens with one attached hydrogen (secondary N) is 1. The third-order valence-corrected chi connectivity index (χ3v) is 4.08. The van der Waals surface area contributed by atoms with Gasteiger partial charge >= 0.3 is 0 Å². The van der Waals surface area contributed by atoms with Crippen molar-refractivity contribution in [3.8, 4) is 0 Å². The molecule has 6 heteroatoms. The highest BCUT2D eigenvalue weighted by atomic mass is 35.5. The lowest BCUT2D eigenvalue weighted by molar-refractivity contribution is 0.175. The minimum atomic E-state index is -0.582. The van der Waals surface area contributed by atoms with Crippen LogP contribution in [0, 0.1) is 11.2 Å². The lowest BCUT2D eigenvalue weighted by Crippen LogP contribution is -2.19. The first-order chi connectivity index (χ1) is 8.99. The summed E-state index contributed by atoms with van der Waals surface area (Å²) < 4.78 is 19.1. The second-order valence-corrected chi connectivity index (χ2v) is 5.53. The molecule has 0 aliphatic heterocycles. The molecule has 0 unspecified atom stereocenters. The van der Waals surface area contributed by atoms with E-state index in [-0.39, 0.29) is 27.5 Å². The number of hydrogen-bond donors (Lipinski definition) is 3. The molecule has 1 fully saturated rings. The van der Waals surface area contributed by atoms with Crippen LogP contribution in [0.25, 0.3) is 0 Å². The van der Waals surface area contributed by atoms with Crippen molar-refractivity contribution in [1.82, 2.24) is 0 Å². The average Bonchev–Trinajstić information content (AvgIpc) is 3.14. The molecule has 0 atom stereocenters. The number of methoxy groups -OCH3 is 1. The van der Waals surface area contributed by atoms with Gasteiger partial charge in [0.15, 0.2) is 5.82 Å². The molecule has 106 valence electrons. The number of rotatable bonds is 6. The second kappa shape index (κ2) is 5.43. The third-order valence-electron chi connectivity index (χ3n) is 3.70. The zero-order valence-electron chi connectivity index (χ0n) is 10.9. The highest BCUT2D eigenvalue weighted by Gasteiger charge is 2.42. The van der Waals surface area contributed by atoms with Crippen molar-refractivity contribution < 1.29 is 9.13 Å². The Kier molecular flexibility index (Phi) is 4.06. The fourth-order valence-corrected chi connectivity index (χ4v) is 2.28. The molecule has 19 heavy (non-hydrogen) atoms. The van der Waals surface area contributed by atoms with E-state index < -0.39 is 5.82 Å². The van der Waals surface area contributed by atoms with Crippen LogP contribution in [0.2, 0.25) is 5.02 Å². The Bertz CT molecular complexity index is 477. The zero-order chi connectivity index (χ0) is 14.0. The molecule has 0 spiro atoms. The predicted octanol–water partition coefficient (Wildman–Crippen LogP) is 2.87. The first kappa shape index (κ1) is 14.2. The molecule has 4 nitrogen and oxygen atoms in total. The molecule has 1 aliphatic rings. The van der Waals surface area contributed by atoms with Crippen molar-refractivity contribution in [3.05, 3.63) is 16.9 Å². The van der Waals surface area contributed by atoms with E-state index in [0.29, 0.717) is 13.2 Å². The van der Waals surface area contributed by atoms with Crippen LogP contribution >= 0.6 is 11.6 Å². The van der Waals surface area contributed by atoms with Crippen molar-refractivity contribution >= 4 is 28.7 Å². The summed E-state index contributed by atoms with van der Waals surface area (Å²) in [5.74, 6) is -0.582. The molecule has 0 aromatic heterocycles. The lowest BCUT2D eigenvalue weighted by atomic mass is 10.0. The lowest BCUT2D eigenvalue weighted by Gasteiger charge is -2.18. The maximum atomic E-state index is 14.0. The van der Waals surface area contributed by atoms with Gasteiger partial charge in [-0.25, -0.2) is 4.39 Å². The molecule has 1 aliphatic carbocycles. The predicted molar refractivity (Wildman–Crippen MR) is 76.9 cm³/mol. The Morgan fingerprint density at radius 1 is 1.42 bits per heavy atom. The summed E-state index contributed by atoms with van der Waals surface area (Å²) in [6, 6.07) is 1.47. The van der Waals surface area contributed by atoms with Gasteiger partial charge in [-0.05, 0) is 30.7 Å². The largest absolute Gasteiger partial charge is 0.397 e. The molecule has 0 radical (unpaired) electrons. The van der Waals surface area contributed by atoms with E-state index in [0.717, 1.165) is 19.3 Å². The van der Waals surface area contributed by atoms with Crippen LogP contribution in [0.4, 0.5) is 21.5 Å². The fourth-order valence-electron chi connectivity index (χ4n) is 2.13. The molecule has 0 amide bonds. The summed E-state index contributed by atoms with van der Waals surface area (Å²) in [6.07, 6.45) is 3.20. The number of nitrogen functional groups attached to an aromatic ring is 2. The van der Waals surface area contributed by atoms with Gasteiger partial charge in [-0.1, -0.05) is 11.6 Å². The monoisotopic (exact) mass is 287 g/mol. The quantitative estimate of drug-likeness (QED) is 0.704. The molecule has 0 saturated heterocycles. The Hall–Kier alpha value is -1.20. The van der Waals surface area contributed by atoms with Gasteiger partial charge in [-0.3, -0.25) is 0 Å². The van der Waals surface area contributed by atoms with Crippen LogP contribution in [0.3, 0.4) is 0 Å². The van der Waals surface area contributed by atoms with E-state index in [2.05, 4.69) is 5.32 Å². The van der Waals surface area contributed by atoms with Crippen LogP contribution in [0.15, 0.2) is 6.07 Å². The Balaban J connectivity index is 2.06. The Morgan fingerprint density at radius 3 is 2.68 bits per heavy atom. The van der Waals surface area contributed by atoms with Crippen molar-refractivity contribution in [1.29, 1.82) is 0 Å². The van der Waals surface area contributed by atoms with E-state index in [4.69, 9.17) is 27.8 Å². The number of hydrogen-bond acceptors (Lipinski definition) is 4. The third kappa shape index (κ3) is 3.04. The highest BCUT2D eigenvalue weighted by Crippen LogP contribution is 2.49. The maximum absolute atomic E-state index is 14.0. The molecule has 0 bridgehead atoms. The molecule has 2 rings (SSSR count). The van der Waals surface area contributed by atoms with Crippen molar-refractivity contribution in [2.45, 2.75) is 19.3 Å². The molecule has 0 heterocycles. The fraction of sp³-hybridized carbons (Fsp3) is 0.538. The topological polar surface area (TPSA) is 73.3 Å². The summed E-state index contributed by atoms with van der Waals surface area (Å²) in [5, 5.41) is 2.98. The number of anilines is 3. The standard InChI is InChI=1S/C13H19ClFN3O/c1-19-5-4-13(2-3-13)7-18-12-9(17)6-8(16)10(14)11(12)15/h6,18H,2-5,7,16-17H2,1H3. The van der Waals surface area contributed by atoms with Gasteiger partial charge in [-0.2, -0.15) is 0 Å². The molecule has 1 aromatic rings. The molecule has 5 N–H and O–H groups in total. The molecule has 1 aromatic carbocycles. The van der Waals surface area contributed by atoms with Gasteiger partial charge in [0, 0.05) is 20.3 Å². The minimum absolute atomic E-state index is 0.0848.